The minimum Gasteiger partial charge on any atom is -0.480 e. The molecule has 150 valence electrons. The molecule has 2 N–H and O–H groups in total. The number of nitrogens with zero attached hydrogens (tertiary/aromatic N) is 2. The van der Waals surface area contributed by atoms with Crippen LogP contribution >= 0.6 is 24.0 Å². The number of hydrogen-bond acceptors (Lipinski definition) is 6. The Labute approximate surface area is 174 Å². The van der Waals surface area contributed by atoms with Gasteiger partial charge in [-0.25, -0.2) is 0 Å². The zero-order valence-electron chi connectivity index (χ0n) is 15.7. The molecule has 2 heterocycles. The zero-order chi connectivity index (χ0) is 20.5. The average Bonchev–Trinajstić information content (AvgIpc) is 2.90. The van der Waals surface area contributed by atoms with E-state index in [0.29, 0.717) is 4.91 Å². The molecule has 6 nitrogen and oxygen atoms in total. The number of carbonyl (C=O) groups excluding carboxylic acids is 1. The molecular formula is C20H24N2O4S2. The number of piperidine rings is 1. The van der Waals surface area contributed by atoms with Crippen LogP contribution in [-0.4, -0.2) is 56.1 Å². The summed E-state index contributed by atoms with van der Waals surface area (Å²) in [6.45, 7) is 3.24. The van der Waals surface area contributed by atoms with Gasteiger partial charge >= 0.3 is 5.97 Å². The van der Waals surface area contributed by atoms with Crippen LogP contribution in [0.2, 0.25) is 0 Å². The third-order valence-electron chi connectivity index (χ3n) is 4.05. The molecule has 1 aromatic rings. The third kappa shape index (κ3) is 7.20. The normalized spacial score (nSPS) is 19.6. The van der Waals surface area contributed by atoms with E-state index < -0.39 is 12.5 Å². The van der Waals surface area contributed by atoms with Crippen LogP contribution in [0.15, 0.2) is 46.9 Å². The van der Waals surface area contributed by atoms with Crippen LogP contribution < -0.4 is 0 Å². The predicted octanol–water partition coefficient (Wildman–Crippen LogP) is 3.78. The van der Waals surface area contributed by atoms with Crippen molar-refractivity contribution < 1.29 is 19.9 Å². The molecule has 0 bridgehead atoms. The Morgan fingerprint density at radius 1 is 1.21 bits per heavy atom. The number of hydrogen-bond donors (Lipinski definition) is 2. The van der Waals surface area contributed by atoms with Crippen LogP contribution in [0, 0.1) is 0 Å². The van der Waals surface area contributed by atoms with Crippen LogP contribution in [0.1, 0.15) is 31.7 Å². The van der Waals surface area contributed by atoms with Gasteiger partial charge in [-0.2, -0.15) is 5.06 Å². The van der Waals surface area contributed by atoms with Gasteiger partial charge in [-0.15, -0.1) is 0 Å². The number of allylic oxidation sites excluding steroid dienone is 2. The third-order valence-corrected chi connectivity index (χ3v) is 5.43. The molecule has 1 aromatic carbocycles. The summed E-state index contributed by atoms with van der Waals surface area (Å²) in [7, 11) is 0. The Morgan fingerprint density at radius 2 is 1.86 bits per heavy atom. The van der Waals surface area contributed by atoms with E-state index in [1.54, 1.807) is 6.08 Å². The Hall–Kier alpha value is -2.00. The zero-order valence-corrected chi connectivity index (χ0v) is 17.3. The van der Waals surface area contributed by atoms with E-state index in [0.717, 1.165) is 53.7 Å². The molecule has 0 radical (unpaired) electrons. The Kier molecular flexibility index (Phi) is 8.85. The highest BCUT2D eigenvalue weighted by atomic mass is 32.2. The van der Waals surface area contributed by atoms with E-state index in [-0.39, 0.29) is 10.2 Å². The second-order valence-corrected chi connectivity index (χ2v) is 8.15. The summed E-state index contributed by atoms with van der Waals surface area (Å²) in [5.41, 5.74) is 1.93. The van der Waals surface area contributed by atoms with Gasteiger partial charge in [0.25, 0.3) is 5.91 Å². The molecule has 8 heteroatoms. The molecule has 0 unspecified atom stereocenters. The highest BCUT2D eigenvalue weighted by Gasteiger charge is 2.33. The van der Waals surface area contributed by atoms with Crippen molar-refractivity contribution in [2.45, 2.75) is 26.2 Å². The van der Waals surface area contributed by atoms with Gasteiger partial charge in [0, 0.05) is 13.1 Å². The van der Waals surface area contributed by atoms with Gasteiger partial charge in [0.05, 0.1) is 4.91 Å². The Morgan fingerprint density at radius 3 is 2.39 bits per heavy atom. The molecule has 3 rings (SSSR count). The van der Waals surface area contributed by atoms with Crippen molar-refractivity contribution >= 4 is 46.3 Å². The van der Waals surface area contributed by atoms with E-state index >= 15 is 0 Å². The van der Waals surface area contributed by atoms with Gasteiger partial charge < -0.3 is 10.3 Å². The van der Waals surface area contributed by atoms with Crippen molar-refractivity contribution in [1.29, 1.82) is 0 Å². The molecule has 2 aliphatic rings. The number of aliphatic carboxylic acids is 1. The van der Waals surface area contributed by atoms with Crippen molar-refractivity contribution in [3.05, 3.63) is 52.4 Å². The standard InChI is InChI=1S/C15H13NO3S2.C5H11NO/c1-10(7-11-5-3-2-4-6-11)8-12-14(19)16(9-13(17)18)15(20)21-12;7-6-4-2-1-3-5-6/h2-8H,9H2,1H3,(H,17,18);7H,1-5H2/b10-7+,12-8+;. The fraction of sp³-hybridized carbons (Fsp3) is 0.350. The number of thioether (sulfide) groups is 1. The first-order valence-corrected chi connectivity index (χ1v) is 10.2. The van der Waals surface area contributed by atoms with E-state index in [4.69, 9.17) is 22.5 Å². The second kappa shape index (κ2) is 11.1. The molecular weight excluding hydrogens is 396 g/mol. The van der Waals surface area contributed by atoms with Crippen LogP contribution in [0.4, 0.5) is 0 Å². The number of amides is 1. The minimum absolute atomic E-state index is 0.279. The molecule has 0 aliphatic carbocycles. The predicted molar refractivity (Wildman–Crippen MR) is 115 cm³/mol. The maximum atomic E-state index is 12.1. The van der Waals surface area contributed by atoms with Gasteiger partial charge in [0.2, 0.25) is 0 Å². The summed E-state index contributed by atoms with van der Waals surface area (Å²) in [6, 6.07) is 9.74. The highest BCUT2D eigenvalue weighted by Crippen LogP contribution is 2.31. The summed E-state index contributed by atoms with van der Waals surface area (Å²) in [5, 5.41) is 18.9. The lowest BCUT2D eigenvalue weighted by Crippen LogP contribution is -2.33. The lowest BCUT2D eigenvalue weighted by molar-refractivity contribution is -0.140. The van der Waals surface area contributed by atoms with E-state index in [1.807, 2.05) is 43.3 Å². The minimum atomic E-state index is -1.08. The van der Waals surface area contributed by atoms with Crippen LogP contribution in [0.25, 0.3) is 6.08 Å². The number of carbonyl (C=O) groups is 2. The van der Waals surface area contributed by atoms with Crippen LogP contribution in [0.3, 0.4) is 0 Å². The molecule has 0 aromatic heterocycles. The molecule has 1 amide bonds. The summed E-state index contributed by atoms with van der Waals surface area (Å²) in [5.74, 6) is -1.43. The van der Waals surface area contributed by atoms with Gasteiger partial charge in [0.15, 0.2) is 0 Å². The number of benzene rings is 1. The van der Waals surface area contributed by atoms with Crippen molar-refractivity contribution in [1.82, 2.24) is 9.96 Å². The fourth-order valence-corrected chi connectivity index (χ4v) is 4.01. The van der Waals surface area contributed by atoms with Gasteiger partial charge in [-0.3, -0.25) is 14.5 Å². The molecule has 0 spiro atoms. The molecule has 0 atom stereocenters. The number of carboxylic acids is 1. The summed E-state index contributed by atoms with van der Waals surface area (Å²) >= 11 is 6.17. The first kappa shape index (κ1) is 22.3. The van der Waals surface area contributed by atoms with E-state index in [9.17, 15) is 9.59 Å². The van der Waals surface area contributed by atoms with Crippen molar-refractivity contribution in [2.75, 3.05) is 19.6 Å². The van der Waals surface area contributed by atoms with Crippen LogP contribution in [0.5, 0.6) is 0 Å². The van der Waals surface area contributed by atoms with Crippen LogP contribution in [-0.2, 0) is 9.59 Å². The molecule has 0 saturated carbocycles. The first-order valence-electron chi connectivity index (χ1n) is 9.01. The molecule has 2 fully saturated rings. The number of rotatable bonds is 4. The molecule has 2 aliphatic heterocycles. The Balaban J connectivity index is 0.000000336. The first-order chi connectivity index (χ1) is 13.4. The van der Waals surface area contributed by atoms with Crippen molar-refractivity contribution in [3.63, 3.8) is 0 Å². The second-order valence-electron chi connectivity index (χ2n) is 6.47. The van der Waals surface area contributed by atoms with Gasteiger partial charge in [-0.1, -0.05) is 66.8 Å². The summed E-state index contributed by atoms with van der Waals surface area (Å²) in [4.78, 5) is 24.4. The highest BCUT2D eigenvalue weighted by molar-refractivity contribution is 8.26. The van der Waals surface area contributed by atoms with Crippen molar-refractivity contribution in [2.24, 2.45) is 0 Å². The maximum Gasteiger partial charge on any atom is 0.323 e. The monoisotopic (exact) mass is 420 g/mol. The Bertz CT molecular complexity index is 772. The van der Waals surface area contributed by atoms with Gasteiger partial charge in [-0.05, 0) is 37.0 Å². The molecule has 2 saturated heterocycles. The lowest BCUT2D eigenvalue weighted by atomic mass is 10.1. The van der Waals surface area contributed by atoms with E-state index in [2.05, 4.69) is 0 Å². The average molecular weight is 421 g/mol. The summed E-state index contributed by atoms with van der Waals surface area (Å²) < 4.78 is 0.279. The maximum absolute atomic E-state index is 12.1. The topological polar surface area (TPSA) is 81.1 Å². The number of carboxylic acid groups (broad SMARTS) is 1. The fourth-order valence-electron chi connectivity index (χ4n) is 2.71. The molecule has 28 heavy (non-hydrogen) atoms. The largest absolute Gasteiger partial charge is 0.480 e. The number of thiocarbonyl (C=S) groups is 1. The van der Waals surface area contributed by atoms with Crippen molar-refractivity contribution in [3.8, 4) is 0 Å². The quantitative estimate of drug-likeness (QED) is 0.567. The SMILES string of the molecule is CC(=C\c1ccccc1)/C=C1/SC(=S)N(CC(=O)O)C1=O.ON1CCCCC1. The van der Waals surface area contributed by atoms with Gasteiger partial charge in [0.1, 0.15) is 10.9 Å². The summed E-state index contributed by atoms with van der Waals surface area (Å²) in [6.07, 6.45) is 7.29. The smallest absolute Gasteiger partial charge is 0.323 e. The lowest BCUT2D eigenvalue weighted by Gasteiger charge is -2.18. The number of hydroxylamine groups is 2. The van der Waals surface area contributed by atoms with E-state index in [1.165, 1.54) is 11.5 Å².